The van der Waals surface area contributed by atoms with E-state index < -0.39 is 11.8 Å². The number of methoxy groups -OCH3 is 1. The van der Waals surface area contributed by atoms with Gasteiger partial charge in [0.1, 0.15) is 12.0 Å². The van der Waals surface area contributed by atoms with Crippen LogP contribution in [-0.2, 0) is 20.8 Å². The molecule has 1 N–H and O–H groups in total. The first-order valence-electron chi connectivity index (χ1n) is 6.18. The molecule has 1 unspecified atom stereocenters. The van der Waals surface area contributed by atoms with E-state index in [2.05, 4.69) is 10.1 Å². The van der Waals surface area contributed by atoms with Crippen molar-refractivity contribution in [1.82, 2.24) is 5.32 Å². The van der Waals surface area contributed by atoms with Crippen LogP contribution in [-0.4, -0.2) is 38.1 Å². The van der Waals surface area contributed by atoms with Gasteiger partial charge < -0.3 is 23.9 Å². The van der Waals surface area contributed by atoms with Gasteiger partial charge in [-0.1, -0.05) is 0 Å². The van der Waals surface area contributed by atoms with Gasteiger partial charge in [0.15, 0.2) is 5.79 Å². The van der Waals surface area contributed by atoms with Crippen molar-refractivity contribution in [2.75, 3.05) is 20.3 Å². The highest BCUT2D eigenvalue weighted by atomic mass is 16.7. The smallest absolute Gasteiger partial charge is 0.341 e. The minimum Gasteiger partial charge on any atom is -0.467 e. The van der Waals surface area contributed by atoms with E-state index in [1.807, 2.05) is 13.8 Å². The number of furan rings is 1. The van der Waals surface area contributed by atoms with Crippen LogP contribution < -0.4 is 5.32 Å². The molecule has 106 valence electrons. The SMILES string of the molecule is COC(=O)c1coc(CNCC2COC(C)(C)O2)c1. The second-order valence-corrected chi connectivity index (χ2v) is 4.87. The van der Waals surface area contributed by atoms with Crippen molar-refractivity contribution in [3.8, 4) is 0 Å². The van der Waals surface area contributed by atoms with Gasteiger partial charge in [-0.2, -0.15) is 0 Å². The van der Waals surface area contributed by atoms with Crippen LogP contribution in [0, 0.1) is 0 Å². The zero-order valence-electron chi connectivity index (χ0n) is 11.4. The molecule has 2 rings (SSSR count). The van der Waals surface area contributed by atoms with Crippen LogP contribution in [0.5, 0.6) is 0 Å². The van der Waals surface area contributed by atoms with Crippen molar-refractivity contribution in [2.45, 2.75) is 32.3 Å². The Bertz CT molecular complexity index is 440. The molecule has 1 atom stereocenters. The van der Waals surface area contributed by atoms with E-state index in [4.69, 9.17) is 13.9 Å². The summed E-state index contributed by atoms with van der Waals surface area (Å²) in [5.74, 6) is -0.224. The number of hydrogen-bond donors (Lipinski definition) is 1. The summed E-state index contributed by atoms with van der Waals surface area (Å²) >= 11 is 0. The number of esters is 1. The molecule has 6 nitrogen and oxygen atoms in total. The number of ether oxygens (including phenoxy) is 3. The highest BCUT2D eigenvalue weighted by molar-refractivity contribution is 5.88. The first-order valence-corrected chi connectivity index (χ1v) is 6.18. The third kappa shape index (κ3) is 3.79. The molecule has 0 aliphatic carbocycles. The number of hydrogen-bond acceptors (Lipinski definition) is 6. The van der Waals surface area contributed by atoms with Gasteiger partial charge in [0.25, 0.3) is 0 Å². The zero-order chi connectivity index (χ0) is 13.9. The van der Waals surface area contributed by atoms with Crippen molar-refractivity contribution in [3.63, 3.8) is 0 Å². The molecule has 1 aromatic heterocycles. The fourth-order valence-electron chi connectivity index (χ4n) is 1.92. The van der Waals surface area contributed by atoms with Gasteiger partial charge in [0, 0.05) is 6.54 Å². The molecule has 0 aromatic carbocycles. The maximum atomic E-state index is 11.2. The van der Waals surface area contributed by atoms with E-state index >= 15 is 0 Å². The first kappa shape index (κ1) is 14.0. The Morgan fingerprint density at radius 1 is 1.58 bits per heavy atom. The maximum absolute atomic E-state index is 11.2. The molecule has 1 aromatic rings. The molecule has 0 amide bonds. The number of carbonyl (C=O) groups is 1. The molecule has 19 heavy (non-hydrogen) atoms. The van der Waals surface area contributed by atoms with Gasteiger partial charge in [-0.25, -0.2) is 4.79 Å². The first-order chi connectivity index (χ1) is 9.00. The predicted octanol–water partition coefficient (Wildman–Crippen LogP) is 1.31. The molecular formula is C13H19NO5. The minimum absolute atomic E-state index is 0.0324. The normalized spacial score (nSPS) is 21.5. The van der Waals surface area contributed by atoms with Gasteiger partial charge in [-0.3, -0.25) is 0 Å². The van der Waals surface area contributed by atoms with Gasteiger partial charge in [-0.05, 0) is 19.9 Å². The molecule has 0 saturated carbocycles. The minimum atomic E-state index is -0.505. The van der Waals surface area contributed by atoms with Crippen molar-refractivity contribution in [2.24, 2.45) is 0 Å². The van der Waals surface area contributed by atoms with Crippen LogP contribution in [0.25, 0.3) is 0 Å². The third-order valence-electron chi connectivity index (χ3n) is 2.81. The Hall–Kier alpha value is -1.37. The summed E-state index contributed by atoms with van der Waals surface area (Å²) in [7, 11) is 1.34. The summed E-state index contributed by atoms with van der Waals surface area (Å²) < 4.78 is 21.0. The van der Waals surface area contributed by atoms with Gasteiger partial charge >= 0.3 is 5.97 Å². The fraction of sp³-hybridized carbons (Fsp3) is 0.615. The van der Waals surface area contributed by atoms with Crippen LogP contribution in [0.1, 0.15) is 30.0 Å². The summed E-state index contributed by atoms with van der Waals surface area (Å²) in [6, 6.07) is 1.66. The second-order valence-electron chi connectivity index (χ2n) is 4.87. The monoisotopic (exact) mass is 269 g/mol. The molecule has 6 heteroatoms. The zero-order valence-corrected chi connectivity index (χ0v) is 11.4. The average Bonchev–Trinajstić information content (AvgIpc) is 2.95. The summed E-state index contributed by atoms with van der Waals surface area (Å²) in [6.45, 7) is 5.55. The summed E-state index contributed by atoms with van der Waals surface area (Å²) in [4.78, 5) is 11.2. The van der Waals surface area contributed by atoms with Crippen LogP contribution >= 0.6 is 0 Å². The van der Waals surface area contributed by atoms with Crippen LogP contribution in [0.3, 0.4) is 0 Å². The molecular weight excluding hydrogens is 250 g/mol. The Morgan fingerprint density at radius 3 is 3.00 bits per heavy atom. The van der Waals surface area contributed by atoms with E-state index in [-0.39, 0.29) is 6.10 Å². The summed E-state index contributed by atoms with van der Waals surface area (Å²) in [6.07, 6.45) is 1.42. The third-order valence-corrected chi connectivity index (χ3v) is 2.81. The highest BCUT2D eigenvalue weighted by Gasteiger charge is 2.32. The standard InChI is InChI=1S/C13H19NO5/c1-13(2)18-8-11(19-13)6-14-5-10-4-9(7-17-10)12(15)16-3/h4,7,11,14H,5-6,8H2,1-3H3. The van der Waals surface area contributed by atoms with Crippen molar-refractivity contribution >= 4 is 5.97 Å². The molecule has 1 aliphatic heterocycles. The lowest BCUT2D eigenvalue weighted by Crippen LogP contribution is -2.30. The Kier molecular flexibility index (Phi) is 4.24. The number of rotatable bonds is 5. The van der Waals surface area contributed by atoms with Crippen molar-refractivity contribution in [1.29, 1.82) is 0 Å². The van der Waals surface area contributed by atoms with E-state index in [0.717, 1.165) is 0 Å². The summed E-state index contributed by atoms with van der Waals surface area (Å²) in [5, 5.41) is 3.20. The Labute approximate surface area is 112 Å². The maximum Gasteiger partial charge on any atom is 0.341 e. The molecule has 0 radical (unpaired) electrons. The molecule has 2 heterocycles. The number of carbonyl (C=O) groups excluding carboxylic acids is 1. The van der Waals surface area contributed by atoms with Gasteiger partial charge in [0.2, 0.25) is 0 Å². The average molecular weight is 269 g/mol. The number of nitrogens with one attached hydrogen (secondary N) is 1. The molecule has 1 aliphatic rings. The summed E-state index contributed by atoms with van der Waals surface area (Å²) in [5.41, 5.74) is 0.417. The Balaban J connectivity index is 1.74. The van der Waals surface area contributed by atoms with E-state index in [1.54, 1.807) is 6.07 Å². The molecule has 1 fully saturated rings. The lowest BCUT2D eigenvalue weighted by molar-refractivity contribution is -0.137. The van der Waals surface area contributed by atoms with Gasteiger partial charge in [0.05, 0.1) is 31.9 Å². The van der Waals surface area contributed by atoms with Crippen LogP contribution in [0.4, 0.5) is 0 Å². The van der Waals surface area contributed by atoms with Crippen LogP contribution in [0.2, 0.25) is 0 Å². The van der Waals surface area contributed by atoms with Crippen molar-refractivity contribution < 1.29 is 23.4 Å². The van der Waals surface area contributed by atoms with Crippen LogP contribution in [0.15, 0.2) is 16.7 Å². The largest absolute Gasteiger partial charge is 0.467 e. The quantitative estimate of drug-likeness (QED) is 0.813. The lowest BCUT2D eigenvalue weighted by atomic mass is 10.3. The van der Waals surface area contributed by atoms with E-state index in [9.17, 15) is 4.79 Å². The fourth-order valence-corrected chi connectivity index (χ4v) is 1.92. The predicted molar refractivity (Wildman–Crippen MR) is 66.7 cm³/mol. The molecule has 0 bridgehead atoms. The topological polar surface area (TPSA) is 69.9 Å². The van der Waals surface area contributed by atoms with E-state index in [1.165, 1.54) is 13.4 Å². The highest BCUT2D eigenvalue weighted by Crippen LogP contribution is 2.21. The van der Waals surface area contributed by atoms with Gasteiger partial charge in [-0.15, -0.1) is 0 Å². The van der Waals surface area contributed by atoms with E-state index in [0.29, 0.717) is 31.0 Å². The lowest BCUT2D eigenvalue weighted by Gasteiger charge is -2.17. The van der Waals surface area contributed by atoms with Crippen molar-refractivity contribution in [3.05, 3.63) is 23.7 Å². The second kappa shape index (κ2) is 5.73. The molecule has 0 spiro atoms. The molecule has 1 saturated heterocycles. The Morgan fingerprint density at radius 2 is 2.37 bits per heavy atom.